The predicted molar refractivity (Wildman–Crippen MR) is 137 cm³/mol. The standard InChI is InChI=1S/C26H16BrN3O7/c27-15-8-9-19(21(11-15)30(36)37)29-26(35)24(33)13-22(31)14-4-3-5-16(10-14)28-20-12-23(32)25(34)18-7-2-1-6-17(18)20/h1-12,28H,13H2,(H,29,35). The van der Waals surface area contributed by atoms with Crippen molar-refractivity contribution >= 4 is 67.7 Å². The maximum absolute atomic E-state index is 12.7. The molecule has 0 unspecified atom stereocenters. The zero-order valence-electron chi connectivity index (χ0n) is 18.8. The molecule has 10 nitrogen and oxygen atoms in total. The number of amides is 1. The van der Waals surface area contributed by atoms with E-state index in [9.17, 15) is 34.1 Å². The number of nitrogens with zero attached hydrogens (tertiary/aromatic N) is 1. The third-order valence-electron chi connectivity index (χ3n) is 5.40. The number of nitrogens with one attached hydrogen (secondary N) is 2. The Morgan fingerprint density at radius 2 is 1.65 bits per heavy atom. The summed E-state index contributed by atoms with van der Waals surface area (Å²) in [6, 6.07) is 16.6. The number of carbonyl (C=O) groups is 5. The molecule has 3 aromatic carbocycles. The molecule has 1 amide bonds. The Hall–Kier alpha value is -4.77. The molecule has 0 spiro atoms. The van der Waals surface area contributed by atoms with Gasteiger partial charge in [-0.25, -0.2) is 0 Å². The maximum Gasteiger partial charge on any atom is 0.293 e. The fraction of sp³-hybridized carbons (Fsp3) is 0.0385. The van der Waals surface area contributed by atoms with E-state index in [0.29, 0.717) is 21.4 Å². The highest BCUT2D eigenvalue weighted by atomic mass is 79.9. The first-order valence-electron chi connectivity index (χ1n) is 10.7. The van der Waals surface area contributed by atoms with Crippen molar-refractivity contribution in [3.8, 4) is 0 Å². The van der Waals surface area contributed by atoms with Crippen molar-refractivity contribution < 1.29 is 28.9 Å². The number of benzene rings is 3. The maximum atomic E-state index is 12.7. The Bertz CT molecular complexity index is 1540. The molecule has 0 saturated heterocycles. The lowest BCUT2D eigenvalue weighted by Gasteiger charge is -2.18. The quantitative estimate of drug-likeness (QED) is 0.135. The van der Waals surface area contributed by atoms with Gasteiger partial charge in [0.25, 0.3) is 11.6 Å². The van der Waals surface area contributed by atoms with Gasteiger partial charge in [-0.2, -0.15) is 0 Å². The number of anilines is 2. The summed E-state index contributed by atoms with van der Waals surface area (Å²) in [7, 11) is 0. The van der Waals surface area contributed by atoms with Crippen LogP contribution in [0.3, 0.4) is 0 Å². The summed E-state index contributed by atoms with van der Waals surface area (Å²) in [5.74, 6) is -4.20. The molecule has 37 heavy (non-hydrogen) atoms. The second-order valence-electron chi connectivity index (χ2n) is 7.90. The Balaban J connectivity index is 1.47. The number of carbonyl (C=O) groups excluding carboxylic acids is 5. The van der Waals surface area contributed by atoms with Crippen molar-refractivity contribution in [1.29, 1.82) is 0 Å². The van der Waals surface area contributed by atoms with E-state index in [2.05, 4.69) is 26.6 Å². The van der Waals surface area contributed by atoms with Gasteiger partial charge >= 0.3 is 0 Å². The summed E-state index contributed by atoms with van der Waals surface area (Å²) < 4.78 is 0.413. The molecule has 4 rings (SSSR count). The zero-order chi connectivity index (χ0) is 26.7. The lowest BCUT2D eigenvalue weighted by Crippen LogP contribution is -2.25. The number of Topliss-reactive ketones (excluding diaryl/α,β-unsaturated/α-hetero) is 3. The number of ketones is 4. The SMILES string of the molecule is O=C1C=C(Nc2cccc(C(=O)CC(=O)C(=O)Nc3ccc(Br)cc3[N+](=O)[O-])c2)c2ccccc2C1=O. The van der Waals surface area contributed by atoms with Gasteiger partial charge in [0.15, 0.2) is 5.78 Å². The van der Waals surface area contributed by atoms with Gasteiger partial charge in [-0.3, -0.25) is 34.1 Å². The Kier molecular flexibility index (Phi) is 7.16. The molecule has 0 heterocycles. The summed E-state index contributed by atoms with van der Waals surface area (Å²) in [6.07, 6.45) is 0.409. The highest BCUT2D eigenvalue weighted by molar-refractivity contribution is 9.10. The smallest absolute Gasteiger partial charge is 0.293 e. The number of nitro groups is 1. The monoisotopic (exact) mass is 561 g/mol. The summed E-state index contributed by atoms with van der Waals surface area (Å²) in [5, 5.41) is 16.4. The minimum absolute atomic E-state index is 0.118. The summed E-state index contributed by atoms with van der Waals surface area (Å²) >= 11 is 3.10. The topological polar surface area (TPSA) is 153 Å². The minimum Gasteiger partial charge on any atom is -0.355 e. The van der Waals surface area contributed by atoms with E-state index >= 15 is 0 Å². The molecule has 3 aromatic rings. The summed E-state index contributed by atoms with van der Waals surface area (Å²) in [5.41, 5.74) is 1.09. The van der Waals surface area contributed by atoms with E-state index in [-0.39, 0.29) is 16.8 Å². The molecular weight excluding hydrogens is 546 g/mol. The van der Waals surface area contributed by atoms with Gasteiger partial charge in [-0.15, -0.1) is 0 Å². The predicted octanol–water partition coefficient (Wildman–Crippen LogP) is 4.36. The summed E-state index contributed by atoms with van der Waals surface area (Å²) in [6.45, 7) is 0. The van der Waals surface area contributed by atoms with Gasteiger partial charge in [0.1, 0.15) is 5.69 Å². The Labute approximate surface area is 217 Å². The molecule has 0 saturated carbocycles. The van der Waals surface area contributed by atoms with Crippen molar-refractivity contribution in [2.75, 3.05) is 10.6 Å². The molecule has 0 radical (unpaired) electrons. The zero-order valence-corrected chi connectivity index (χ0v) is 20.4. The van der Waals surface area contributed by atoms with Crippen molar-refractivity contribution in [1.82, 2.24) is 0 Å². The molecule has 0 atom stereocenters. The molecule has 0 bridgehead atoms. The number of fused-ring (bicyclic) bond motifs is 1. The number of rotatable bonds is 8. The number of hydrogen-bond donors (Lipinski definition) is 2. The van der Waals surface area contributed by atoms with Gasteiger partial charge in [0.05, 0.1) is 17.0 Å². The average Bonchev–Trinajstić information content (AvgIpc) is 2.88. The molecular formula is C26H16BrN3O7. The van der Waals surface area contributed by atoms with Crippen LogP contribution in [0.1, 0.15) is 32.7 Å². The lowest BCUT2D eigenvalue weighted by molar-refractivity contribution is -0.384. The van der Waals surface area contributed by atoms with Gasteiger partial charge in [-0.05, 0) is 24.3 Å². The van der Waals surface area contributed by atoms with E-state index in [1.807, 2.05) is 0 Å². The number of hydrogen-bond acceptors (Lipinski definition) is 8. The van der Waals surface area contributed by atoms with E-state index in [0.717, 1.165) is 0 Å². The first-order valence-corrected chi connectivity index (χ1v) is 11.5. The van der Waals surface area contributed by atoms with Crippen LogP contribution in [-0.2, 0) is 14.4 Å². The Morgan fingerprint density at radius 3 is 2.38 bits per heavy atom. The lowest BCUT2D eigenvalue weighted by atomic mass is 9.92. The van der Waals surface area contributed by atoms with Crippen LogP contribution in [0.15, 0.2) is 77.3 Å². The largest absolute Gasteiger partial charge is 0.355 e. The van der Waals surface area contributed by atoms with Gasteiger partial charge in [0.2, 0.25) is 17.3 Å². The molecule has 0 aliphatic heterocycles. The number of allylic oxidation sites excluding steroid dienone is 1. The van der Waals surface area contributed by atoms with Crippen LogP contribution in [0.2, 0.25) is 0 Å². The Morgan fingerprint density at radius 1 is 0.919 bits per heavy atom. The van der Waals surface area contributed by atoms with Crippen LogP contribution in [-0.4, -0.2) is 34.0 Å². The van der Waals surface area contributed by atoms with Crippen molar-refractivity contribution in [2.24, 2.45) is 0 Å². The van der Waals surface area contributed by atoms with Crippen molar-refractivity contribution in [2.45, 2.75) is 6.42 Å². The van der Waals surface area contributed by atoms with Crippen LogP contribution in [0.5, 0.6) is 0 Å². The molecule has 11 heteroatoms. The van der Waals surface area contributed by atoms with E-state index in [4.69, 9.17) is 0 Å². The molecule has 2 N–H and O–H groups in total. The average molecular weight is 562 g/mol. The van der Waals surface area contributed by atoms with E-state index < -0.39 is 46.1 Å². The molecule has 0 fully saturated rings. The highest BCUT2D eigenvalue weighted by Gasteiger charge is 2.26. The highest BCUT2D eigenvalue weighted by Crippen LogP contribution is 2.29. The third-order valence-corrected chi connectivity index (χ3v) is 5.90. The second kappa shape index (κ2) is 10.5. The third kappa shape index (κ3) is 5.57. The molecule has 184 valence electrons. The van der Waals surface area contributed by atoms with E-state index in [1.54, 1.807) is 36.4 Å². The first kappa shape index (κ1) is 25.3. The summed E-state index contributed by atoms with van der Waals surface area (Å²) in [4.78, 5) is 72.1. The second-order valence-corrected chi connectivity index (χ2v) is 8.81. The van der Waals surface area contributed by atoms with Crippen LogP contribution in [0.25, 0.3) is 5.70 Å². The van der Waals surface area contributed by atoms with Crippen molar-refractivity contribution in [3.05, 3.63) is 104 Å². The van der Waals surface area contributed by atoms with Crippen LogP contribution in [0.4, 0.5) is 17.1 Å². The molecule has 1 aliphatic rings. The van der Waals surface area contributed by atoms with E-state index in [1.165, 1.54) is 36.4 Å². The van der Waals surface area contributed by atoms with Gasteiger partial charge in [-0.1, -0.05) is 52.3 Å². The van der Waals surface area contributed by atoms with Crippen LogP contribution >= 0.6 is 15.9 Å². The molecule has 1 aliphatic carbocycles. The minimum atomic E-state index is -1.17. The first-order chi connectivity index (χ1) is 17.6. The molecule has 0 aromatic heterocycles. The van der Waals surface area contributed by atoms with Crippen molar-refractivity contribution in [3.63, 3.8) is 0 Å². The van der Waals surface area contributed by atoms with Gasteiger partial charge < -0.3 is 10.6 Å². The number of halogens is 1. The fourth-order valence-electron chi connectivity index (χ4n) is 3.63. The van der Waals surface area contributed by atoms with Crippen LogP contribution in [0, 0.1) is 10.1 Å². The normalized spacial score (nSPS) is 12.3. The van der Waals surface area contributed by atoms with Crippen LogP contribution < -0.4 is 10.6 Å². The van der Waals surface area contributed by atoms with Gasteiger partial charge in [0, 0.05) is 39.0 Å². The fourth-order valence-corrected chi connectivity index (χ4v) is 3.98. The number of nitro benzene ring substituents is 1.